The van der Waals surface area contributed by atoms with Crippen LogP contribution in [0.1, 0.15) is 24.2 Å². The van der Waals surface area contributed by atoms with Gasteiger partial charge in [0.05, 0.1) is 5.56 Å². The normalized spacial score (nSPS) is 11.8. The van der Waals surface area contributed by atoms with Crippen LogP contribution in [0.15, 0.2) is 18.2 Å². The first kappa shape index (κ1) is 15.1. The molecule has 0 saturated heterocycles. The topological polar surface area (TPSA) is 84.2 Å². The third-order valence-corrected chi connectivity index (χ3v) is 2.54. The molecule has 4 N–H and O–H groups in total. The molecule has 0 aromatic heterocycles. The molecule has 1 atom stereocenters. The Kier molecular flexibility index (Phi) is 5.44. The summed E-state index contributed by atoms with van der Waals surface area (Å²) in [6.07, 6.45) is 0. The van der Waals surface area contributed by atoms with Crippen molar-refractivity contribution in [3.8, 4) is 0 Å². The van der Waals surface area contributed by atoms with Crippen LogP contribution in [0.5, 0.6) is 0 Å². The number of rotatable bonds is 5. The first-order chi connectivity index (χ1) is 8.93. The molecule has 2 amide bonds. The third-order valence-electron chi connectivity index (χ3n) is 2.54. The number of halogens is 1. The highest BCUT2D eigenvalue weighted by atomic mass is 19.1. The molecule has 0 spiro atoms. The van der Waals surface area contributed by atoms with Crippen molar-refractivity contribution in [1.82, 2.24) is 5.32 Å². The number of hydrogen-bond acceptors (Lipinski definition) is 3. The molecule has 5 nitrogen and oxygen atoms in total. The van der Waals surface area contributed by atoms with Crippen LogP contribution < -0.4 is 16.4 Å². The second-order valence-electron chi connectivity index (χ2n) is 4.43. The SMILES string of the molecule is CC(=O)Nc1ccc(F)c(C(=O)NCC(C)CN)c1. The van der Waals surface area contributed by atoms with Gasteiger partial charge in [0, 0.05) is 19.2 Å². The number of amides is 2. The minimum atomic E-state index is -0.632. The molecular weight excluding hydrogens is 249 g/mol. The molecule has 0 aliphatic heterocycles. The van der Waals surface area contributed by atoms with Gasteiger partial charge in [0.25, 0.3) is 5.91 Å². The molecule has 104 valence electrons. The van der Waals surface area contributed by atoms with Crippen LogP contribution in [0.4, 0.5) is 10.1 Å². The van der Waals surface area contributed by atoms with Crippen molar-refractivity contribution in [3.05, 3.63) is 29.6 Å². The predicted molar refractivity (Wildman–Crippen MR) is 71.3 cm³/mol. The lowest BCUT2D eigenvalue weighted by atomic mass is 10.1. The Balaban J connectivity index is 2.80. The molecule has 0 bridgehead atoms. The Morgan fingerprint density at radius 3 is 2.68 bits per heavy atom. The summed E-state index contributed by atoms with van der Waals surface area (Å²) in [5.41, 5.74) is 5.71. The van der Waals surface area contributed by atoms with Crippen molar-refractivity contribution in [1.29, 1.82) is 0 Å². The molecule has 1 rings (SSSR count). The second-order valence-corrected chi connectivity index (χ2v) is 4.43. The van der Waals surface area contributed by atoms with E-state index in [0.29, 0.717) is 18.8 Å². The molecular formula is C13H18FN3O2. The van der Waals surface area contributed by atoms with Gasteiger partial charge in [-0.3, -0.25) is 9.59 Å². The van der Waals surface area contributed by atoms with Crippen LogP contribution >= 0.6 is 0 Å². The summed E-state index contributed by atoms with van der Waals surface area (Å²) >= 11 is 0. The summed E-state index contributed by atoms with van der Waals surface area (Å²) in [7, 11) is 0. The van der Waals surface area contributed by atoms with Crippen LogP contribution in [0.2, 0.25) is 0 Å². The molecule has 0 heterocycles. The van der Waals surface area contributed by atoms with E-state index >= 15 is 0 Å². The first-order valence-corrected chi connectivity index (χ1v) is 5.99. The second kappa shape index (κ2) is 6.84. The van der Waals surface area contributed by atoms with Crippen LogP contribution in [0.3, 0.4) is 0 Å². The van der Waals surface area contributed by atoms with E-state index in [9.17, 15) is 14.0 Å². The minimum Gasteiger partial charge on any atom is -0.352 e. The minimum absolute atomic E-state index is 0.101. The van der Waals surface area contributed by atoms with Gasteiger partial charge in [-0.05, 0) is 30.7 Å². The summed E-state index contributed by atoms with van der Waals surface area (Å²) in [5.74, 6) is -1.32. The van der Waals surface area contributed by atoms with Crippen LogP contribution in [-0.4, -0.2) is 24.9 Å². The van der Waals surface area contributed by atoms with Crippen LogP contribution in [-0.2, 0) is 4.79 Å². The average Bonchev–Trinajstić information content (AvgIpc) is 2.37. The van der Waals surface area contributed by atoms with Crippen molar-refractivity contribution in [2.24, 2.45) is 11.7 Å². The van der Waals surface area contributed by atoms with Gasteiger partial charge in [-0.2, -0.15) is 0 Å². The van der Waals surface area contributed by atoms with E-state index in [0.717, 1.165) is 6.07 Å². The number of carbonyl (C=O) groups is 2. The number of anilines is 1. The van der Waals surface area contributed by atoms with E-state index in [-0.39, 0.29) is 17.4 Å². The Morgan fingerprint density at radius 2 is 2.11 bits per heavy atom. The Bertz CT molecular complexity index is 477. The fourth-order valence-electron chi connectivity index (χ4n) is 1.43. The molecule has 19 heavy (non-hydrogen) atoms. The van der Waals surface area contributed by atoms with Gasteiger partial charge < -0.3 is 16.4 Å². The average molecular weight is 267 g/mol. The van der Waals surface area contributed by atoms with Crippen molar-refractivity contribution < 1.29 is 14.0 Å². The maximum atomic E-state index is 13.6. The lowest BCUT2D eigenvalue weighted by Crippen LogP contribution is -2.31. The zero-order valence-electron chi connectivity index (χ0n) is 11.0. The van der Waals surface area contributed by atoms with Gasteiger partial charge in [0.2, 0.25) is 5.91 Å². The van der Waals surface area contributed by atoms with Crippen molar-refractivity contribution in [2.45, 2.75) is 13.8 Å². The number of benzene rings is 1. The van der Waals surface area contributed by atoms with Gasteiger partial charge in [-0.25, -0.2) is 4.39 Å². The highest BCUT2D eigenvalue weighted by Gasteiger charge is 2.13. The van der Waals surface area contributed by atoms with Crippen molar-refractivity contribution in [3.63, 3.8) is 0 Å². The Labute approximate surface area is 111 Å². The van der Waals surface area contributed by atoms with E-state index < -0.39 is 11.7 Å². The van der Waals surface area contributed by atoms with Gasteiger partial charge in [-0.15, -0.1) is 0 Å². The van der Waals surface area contributed by atoms with Crippen LogP contribution in [0.25, 0.3) is 0 Å². The lowest BCUT2D eigenvalue weighted by molar-refractivity contribution is -0.114. The molecule has 6 heteroatoms. The van der Waals surface area contributed by atoms with Crippen molar-refractivity contribution >= 4 is 17.5 Å². The molecule has 1 unspecified atom stereocenters. The Morgan fingerprint density at radius 1 is 1.42 bits per heavy atom. The molecule has 1 aromatic rings. The first-order valence-electron chi connectivity index (χ1n) is 5.99. The molecule has 0 aliphatic rings. The van der Waals surface area contributed by atoms with E-state index in [4.69, 9.17) is 5.73 Å². The third kappa shape index (κ3) is 4.67. The molecule has 0 radical (unpaired) electrons. The standard InChI is InChI=1S/C13H18FN3O2/c1-8(6-15)7-16-13(19)11-5-10(17-9(2)18)3-4-12(11)14/h3-5,8H,6-7,15H2,1-2H3,(H,16,19)(H,17,18). The number of hydrogen-bond donors (Lipinski definition) is 3. The summed E-state index contributed by atoms with van der Waals surface area (Å²) < 4.78 is 13.6. The van der Waals surface area contributed by atoms with Gasteiger partial charge in [-0.1, -0.05) is 6.92 Å². The maximum Gasteiger partial charge on any atom is 0.254 e. The van der Waals surface area contributed by atoms with E-state index in [1.807, 2.05) is 6.92 Å². The monoisotopic (exact) mass is 267 g/mol. The summed E-state index contributed by atoms with van der Waals surface area (Å²) in [5, 5.41) is 5.10. The highest BCUT2D eigenvalue weighted by Crippen LogP contribution is 2.14. The number of nitrogens with one attached hydrogen (secondary N) is 2. The quantitative estimate of drug-likeness (QED) is 0.747. The molecule has 0 fully saturated rings. The number of carbonyl (C=O) groups excluding carboxylic acids is 2. The smallest absolute Gasteiger partial charge is 0.254 e. The van der Waals surface area contributed by atoms with Gasteiger partial charge in [0.1, 0.15) is 5.82 Å². The lowest BCUT2D eigenvalue weighted by Gasteiger charge is -2.11. The molecule has 0 aliphatic carbocycles. The molecule has 0 saturated carbocycles. The van der Waals surface area contributed by atoms with E-state index in [1.165, 1.54) is 19.1 Å². The number of nitrogens with two attached hydrogens (primary N) is 1. The largest absolute Gasteiger partial charge is 0.352 e. The van der Waals surface area contributed by atoms with E-state index in [2.05, 4.69) is 10.6 Å². The van der Waals surface area contributed by atoms with E-state index in [1.54, 1.807) is 0 Å². The Hall–Kier alpha value is -1.95. The van der Waals surface area contributed by atoms with Crippen LogP contribution in [0, 0.1) is 11.7 Å². The summed E-state index contributed by atoms with van der Waals surface area (Å²) in [6.45, 7) is 4.03. The fourth-order valence-corrected chi connectivity index (χ4v) is 1.43. The highest BCUT2D eigenvalue weighted by molar-refractivity contribution is 5.97. The molecule has 1 aromatic carbocycles. The zero-order valence-corrected chi connectivity index (χ0v) is 11.0. The van der Waals surface area contributed by atoms with Gasteiger partial charge >= 0.3 is 0 Å². The summed E-state index contributed by atoms with van der Waals surface area (Å²) in [6, 6.07) is 3.85. The van der Waals surface area contributed by atoms with Crippen molar-refractivity contribution in [2.75, 3.05) is 18.4 Å². The van der Waals surface area contributed by atoms with Gasteiger partial charge in [0.15, 0.2) is 0 Å². The predicted octanol–water partition coefficient (Wildman–Crippen LogP) is 1.11. The summed E-state index contributed by atoms with van der Waals surface area (Å²) in [4.78, 5) is 22.7. The fraction of sp³-hybridized carbons (Fsp3) is 0.385. The zero-order chi connectivity index (χ0) is 14.4. The maximum absolute atomic E-state index is 13.6.